The maximum atomic E-state index is 12.6. The van der Waals surface area contributed by atoms with Gasteiger partial charge in [-0.2, -0.15) is 0 Å². The Morgan fingerprint density at radius 2 is 2.00 bits per heavy atom. The second-order valence-electron chi connectivity index (χ2n) is 4.06. The average Bonchev–Trinajstić information content (AvgIpc) is 2.42. The van der Waals surface area contributed by atoms with E-state index in [0.717, 1.165) is 5.56 Å². The molecule has 0 saturated heterocycles. The van der Waals surface area contributed by atoms with Crippen molar-refractivity contribution in [1.82, 2.24) is 5.32 Å². The van der Waals surface area contributed by atoms with E-state index in [1.54, 1.807) is 0 Å². The Bertz CT molecular complexity index is 412. The number of alkyl halides is 1. The van der Waals surface area contributed by atoms with Crippen LogP contribution in [0.15, 0.2) is 30.3 Å². The summed E-state index contributed by atoms with van der Waals surface area (Å²) in [6.45, 7) is -0.658. The van der Waals surface area contributed by atoms with Crippen molar-refractivity contribution in [3.63, 3.8) is 0 Å². The van der Waals surface area contributed by atoms with Gasteiger partial charge >= 0.3 is 6.09 Å². The summed E-state index contributed by atoms with van der Waals surface area (Å²) in [4.78, 5) is 22.0. The number of nitrogens with one attached hydrogen (secondary N) is 1. The normalized spacial score (nSPS) is 11.6. The maximum Gasteiger partial charge on any atom is 0.407 e. The lowest BCUT2D eigenvalue weighted by molar-refractivity contribution is -0.118. The highest BCUT2D eigenvalue weighted by molar-refractivity contribution is 5.74. The van der Waals surface area contributed by atoms with Gasteiger partial charge in [-0.1, -0.05) is 30.3 Å². The zero-order chi connectivity index (χ0) is 14.1. The highest BCUT2D eigenvalue weighted by Gasteiger charge is 2.14. The maximum absolute atomic E-state index is 12.6. The topological polar surface area (TPSA) is 81.4 Å². The molecule has 0 aliphatic carbocycles. The second kappa shape index (κ2) is 8.07. The van der Waals surface area contributed by atoms with Crippen LogP contribution < -0.4 is 11.1 Å². The van der Waals surface area contributed by atoms with Crippen molar-refractivity contribution in [3.05, 3.63) is 35.9 Å². The molecule has 3 N–H and O–H groups in total. The zero-order valence-electron chi connectivity index (χ0n) is 10.5. The van der Waals surface area contributed by atoms with Crippen molar-refractivity contribution in [2.75, 3.05) is 6.67 Å². The minimum atomic E-state index is -0.770. The van der Waals surface area contributed by atoms with E-state index >= 15 is 0 Å². The van der Waals surface area contributed by atoms with Gasteiger partial charge < -0.3 is 15.8 Å². The van der Waals surface area contributed by atoms with Gasteiger partial charge in [0.15, 0.2) is 0 Å². The van der Waals surface area contributed by atoms with Gasteiger partial charge in [-0.3, -0.25) is 4.79 Å². The number of amides is 2. The largest absolute Gasteiger partial charge is 0.445 e. The number of carbonyl (C=O) groups is 2. The zero-order valence-corrected chi connectivity index (χ0v) is 10.5. The van der Waals surface area contributed by atoms with Crippen LogP contribution in [0.5, 0.6) is 0 Å². The van der Waals surface area contributed by atoms with Gasteiger partial charge in [0.05, 0.1) is 6.04 Å². The van der Waals surface area contributed by atoms with Gasteiger partial charge in [0.1, 0.15) is 13.3 Å². The predicted octanol–water partition coefficient (Wildman–Crippen LogP) is 1.52. The quantitative estimate of drug-likeness (QED) is 0.786. The van der Waals surface area contributed by atoms with Gasteiger partial charge in [0, 0.05) is 6.42 Å². The summed E-state index contributed by atoms with van der Waals surface area (Å²) >= 11 is 0. The highest BCUT2D eigenvalue weighted by atomic mass is 19.1. The Morgan fingerprint density at radius 1 is 1.32 bits per heavy atom. The molecule has 0 spiro atoms. The fourth-order valence-corrected chi connectivity index (χ4v) is 1.44. The minimum Gasteiger partial charge on any atom is -0.445 e. The fourth-order valence-electron chi connectivity index (χ4n) is 1.44. The molecule has 1 aromatic rings. The summed E-state index contributed by atoms with van der Waals surface area (Å²) in [5.74, 6) is -0.530. The number of nitrogens with two attached hydrogens (primary N) is 1. The van der Waals surface area contributed by atoms with Gasteiger partial charge in [0.25, 0.3) is 0 Å². The number of ether oxygens (including phenoxy) is 1. The number of carbonyl (C=O) groups excluding carboxylic acids is 2. The molecule has 19 heavy (non-hydrogen) atoms. The molecule has 6 heteroatoms. The minimum absolute atomic E-state index is 0.0214. The predicted molar refractivity (Wildman–Crippen MR) is 68.0 cm³/mol. The van der Waals surface area contributed by atoms with Crippen molar-refractivity contribution in [2.45, 2.75) is 25.5 Å². The second-order valence-corrected chi connectivity index (χ2v) is 4.06. The first-order chi connectivity index (χ1) is 9.11. The number of hydrogen-bond acceptors (Lipinski definition) is 3. The number of rotatable bonds is 7. The summed E-state index contributed by atoms with van der Waals surface area (Å²) in [5, 5.41) is 2.35. The summed E-state index contributed by atoms with van der Waals surface area (Å²) < 4.78 is 17.5. The van der Waals surface area contributed by atoms with Gasteiger partial charge in [0.2, 0.25) is 5.91 Å². The van der Waals surface area contributed by atoms with E-state index in [0.29, 0.717) is 0 Å². The Kier molecular flexibility index (Phi) is 6.35. The third kappa shape index (κ3) is 6.40. The molecule has 1 atom stereocenters. The molecule has 0 radical (unpaired) electrons. The third-order valence-electron chi connectivity index (χ3n) is 2.46. The average molecular weight is 268 g/mol. The molecule has 1 unspecified atom stereocenters. The molecule has 1 aromatic carbocycles. The Labute approximate surface area is 110 Å². The molecule has 0 saturated carbocycles. The van der Waals surface area contributed by atoms with E-state index in [1.165, 1.54) is 0 Å². The number of primary amides is 1. The number of benzene rings is 1. The van der Waals surface area contributed by atoms with Gasteiger partial charge in [-0.05, 0) is 12.0 Å². The lowest BCUT2D eigenvalue weighted by atomic mass is 10.2. The van der Waals surface area contributed by atoms with E-state index < -0.39 is 24.7 Å². The smallest absolute Gasteiger partial charge is 0.407 e. The van der Waals surface area contributed by atoms with Crippen LogP contribution in [-0.2, 0) is 16.1 Å². The van der Waals surface area contributed by atoms with Gasteiger partial charge in [-0.15, -0.1) is 0 Å². The summed E-state index contributed by atoms with van der Waals surface area (Å²) in [6, 6.07) is 8.38. The molecule has 0 aliphatic heterocycles. The van der Waals surface area contributed by atoms with Crippen molar-refractivity contribution in [1.29, 1.82) is 0 Å². The first-order valence-corrected chi connectivity index (χ1v) is 5.93. The molecule has 2 amide bonds. The van der Waals surface area contributed by atoms with Gasteiger partial charge in [-0.25, -0.2) is 9.18 Å². The van der Waals surface area contributed by atoms with E-state index in [2.05, 4.69) is 5.32 Å². The van der Waals surface area contributed by atoms with Crippen LogP contribution in [-0.4, -0.2) is 24.7 Å². The van der Waals surface area contributed by atoms with E-state index in [9.17, 15) is 14.0 Å². The number of alkyl carbamates (subject to hydrolysis) is 1. The molecule has 1 rings (SSSR count). The van der Waals surface area contributed by atoms with Crippen molar-refractivity contribution in [2.24, 2.45) is 5.73 Å². The molecule has 0 bridgehead atoms. The first-order valence-electron chi connectivity index (χ1n) is 5.93. The fraction of sp³-hybridized carbons (Fsp3) is 0.385. The van der Waals surface area contributed by atoms with E-state index in [-0.39, 0.29) is 19.4 Å². The first kappa shape index (κ1) is 14.9. The molecular formula is C13H17FN2O3. The monoisotopic (exact) mass is 268 g/mol. The van der Waals surface area contributed by atoms with E-state index in [1.807, 2.05) is 30.3 Å². The van der Waals surface area contributed by atoms with Crippen molar-refractivity contribution >= 4 is 12.0 Å². The standard InChI is InChI=1S/C13H17FN2O3/c14-8-11(6-7-12(15)17)16-13(18)19-9-10-4-2-1-3-5-10/h1-5,11H,6-9H2,(H2,15,17)(H,16,18). The Hall–Kier alpha value is -2.11. The van der Waals surface area contributed by atoms with Crippen LogP contribution >= 0.6 is 0 Å². The molecular weight excluding hydrogens is 251 g/mol. The van der Waals surface area contributed by atoms with Crippen LogP contribution in [0.3, 0.4) is 0 Å². The number of hydrogen-bond donors (Lipinski definition) is 2. The third-order valence-corrected chi connectivity index (χ3v) is 2.46. The molecule has 0 aliphatic rings. The lowest BCUT2D eigenvalue weighted by Crippen LogP contribution is -2.37. The SMILES string of the molecule is NC(=O)CCC(CF)NC(=O)OCc1ccccc1. The Balaban J connectivity index is 2.30. The Morgan fingerprint density at radius 3 is 2.58 bits per heavy atom. The molecule has 5 nitrogen and oxygen atoms in total. The number of halogens is 1. The van der Waals surface area contributed by atoms with Crippen LogP contribution in [0.2, 0.25) is 0 Å². The van der Waals surface area contributed by atoms with Crippen molar-refractivity contribution < 1.29 is 18.7 Å². The molecule has 0 aromatic heterocycles. The highest BCUT2D eigenvalue weighted by Crippen LogP contribution is 2.02. The molecule has 0 heterocycles. The lowest BCUT2D eigenvalue weighted by Gasteiger charge is -2.14. The van der Waals surface area contributed by atoms with E-state index in [4.69, 9.17) is 10.5 Å². The van der Waals surface area contributed by atoms with Crippen LogP contribution in [0.25, 0.3) is 0 Å². The van der Waals surface area contributed by atoms with Crippen LogP contribution in [0, 0.1) is 0 Å². The van der Waals surface area contributed by atoms with Crippen LogP contribution in [0.1, 0.15) is 18.4 Å². The summed E-state index contributed by atoms with van der Waals surface area (Å²) in [5.41, 5.74) is 5.80. The van der Waals surface area contributed by atoms with Crippen LogP contribution in [0.4, 0.5) is 9.18 Å². The molecule has 0 fully saturated rings. The summed E-state index contributed by atoms with van der Waals surface area (Å²) in [7, 11) is 0. The van der Waals surface area contributed by atoms with Crippen molar-refractivity contribution in [3.8, 4) is 0 Å². The summed E-state index contributed by atoms with van der Waals surface area (Å²) in [6.07, 6.45) is -0.532. The molecule has 104 valence electrons.